The van der Waals surface area contributed by atoms with Crippen LogP contribution in [0.3, 0.4) is 0 Å². The summed E-state index contributed by atoms with van der Waals surface area (Å²) in [6.45, 7) is 8.45. The van der Waals surface area contributed by atoms with Crippen LogP contribution >= 0.6 is 0 Å². The van der Waals surface area contributed by atoms with Crippen molar-refractivity contribution in [3.63, 3.8) is 0 Å². The van der Waals surface area contributed by atoms with Gasteiger partial charge >= 0.3 is 5.97 Å². The van der Waals surface area contributed by atoms with Gasteiger partial charge in [-0.05, 0) is 26.7 Å². The largest absolute Gasteiger partial charge is 0.478 e. The number of hydrogen-bond donors (Lipinski definition) is 1. The molecule has 0 aromatic carbocycles. The lowest BCUT2D eigenvalue weighted by molar-refractivity contribution is -0.132. The fourth-order valence-electron chi connectivity index (χ4n) is 0.838. The van der Waals surface area contributed by atoms with Crippen LogP contribution in [0.15, 0.2) is 23.8 Å². The van der Waals surface area contributed by atoms with E-state index in [1.54, 1.807) is 13.0 Å². The van der Waals surface area contributed by atoms with Crippen LogP contribution in [0.4, 0.5) is 0 Å². The first kappa shape index (κ1) is 12.9. The molecule has 0 fully saturated rings. The van der Waals surface area contributed by atoms with E-state index in [-0.39, 0.29) is 0 Å². The zero-order chi connectivity index (χ0) is 11.0. The van der Waals surface area contributed by atoms with Gasteiger partial charge in [0, 0.05) is 12.2 Å². The average Bonchev–Trinajstić information content (AvgIpc) is 2.09. The highest BCUT2D eigenvalue weighted by Gasteiger charge is 1.97. The van der Waals surface area contributed by atoms with E-state index >= 15 is 0 Å². The molecular formula is C11H18O3. The number of rotatable bonds is 7. The fourth-order valence-corrected chi connectivity index (χ4v) is 0.838. The van der Waals surface area contributed by atoms with E-state index < -0.39 is 5.97 Å². The SMILES string of the molecule is C=C(C)COCCC/C=C(\C)C(=O)O. The number of unbranched alkanes of at least 4 members (excludes halogenated alkanes) is 1. The van der Waals surface area contributed by atoms with Gasteiger partial charge in [-0.15, -0.1) is 0 Å². The van der Waals surface area contributed by atoms with Crippen LogP contribution in [0.25, 0.3) is 0 Å². The van der Waals surface area contributed by atoms with Crippen LogP contribution in [-0.4, -0.2) is 24.3 Å². The molecule has 0 aliphatic rings. The third-order valence-corrected chi connectivity index (χ3v) is 1.63. The Morgan fingerprint density at radius 1 is 1.50 bits per heavy atom. The first-order valence-corrected chi connectivity index (χ1v) is 4.66. The van der Waals surface area contributed by atoms with Crippen molar-refractivity contribution in [3.8, 4) is 0 Å². The normalized spacial score (nSPS) is 11.4. The third kappa shape index (κ3) is 7.55. The monoisotopic (exact) mass is 198 g/mol. The quantitative estimate of drug-likeness (QED) is 0.388. The van der Waals surface area contributed by atoms with Crippen molar-refractivity contribution >= 4 is 5.97 Å². The molecule has 3 nitrogen and oxygen atoms in total. The Kier molecular flexibility index (Phi) is 6.76. The second-order valence-corrected chi connectivity index (χ2v) is 3.34. The summed E-state index contributed by atoms with van der Waals surface area (Å²) in [5, 5.41) is 8.55. The Balaban J connectivity index is 3.42. The molecule has 0 unspecified atom stereocenters. The van der Waals surface area contributed by atoms with E-state index in [4.69, 9.17) is 9.84 Å². The molecule has 0 atom stereocenters. The number of carbonyl (C=O) groups is 1. The van der Waals surface area contributed by atoms with Gasteiger partial charge in [-0.2, -0.15) is 0 Å². The number of allylic oxidation sites excluding steroid dienone is 1. The molecule has 0 aromatic rings. The highest BCUT2D eigenvalue weighted by atomic mass is 16.5. The maximum absolute atomic E-state index is 10.4. The summed E-state index contributed by atoms with van der Waals surface area (Å²) in [4.78, 5) is 10.4. The molecule has 0 saturated heterocycles. The molecule has 3 heteroatoms. The van der Waals surface area contributed by atoms with Crippen molar-refractivity contribution in [2.45, 2.75) is 26.7 Å². The summed E-state index contributed by atoms with van der Waals surface area (Å²) in [6, 6.07) is 0. The third-order valence-electron chi connectivity index (χ3n) is 1.63. The number of aliphatic carboxylic acids is 1. The minimum absolute atomic E-state index is 0.393. The molecule has 0 aliphatic carbocycles. The van der Waals surface area contributed by atoms with Gasteiger partial charge in [-0.25, -0.2) is 4.79 Å². The van der Waals surface area contributed by atoms with Crippen LogP contribution < -0.4 is 0 Å². The summed E-state index contributed by atoms with van der Waals surface area (Å²) in [5.74, 6) is -0.854. The van der Waals surface area contributed by atoms with Crippen LogP contribution in [-0.2, 0) is 9.53 Å². The summed E-state index contributed by atoms with van der Waals surface area (Å²) in [6.07, 6.45) is 3.30. The van der Waals surface area contributed by atoms with Crippen molar-refractivity contribution in [1.82, 2.24) is 0 Å². The summed E-state index contributed by atoms with van der Waals surface area (Å²) >= 11 is 0. The van der Waals surface area contributed by atoms with E-state index in [9.17, 15) is 4.79 Å². The maximum Gasteiger partial charge on any atom is 0.330 e. The molecule has 0 rings (SSSR count). The molecule has 0 heterocycles. The minimum atomic E-state index is -0.854. The lowest BCUT2D eigenvalue weighted by Gasteiger charge is -2.01. The molecule has 0 aliphatic heterocycles. The van der Waals surface area contributed by atoms with Crippen molar-refractivity contribution in [2.75, 3.05) is 13.2 Å². The molecule has 0 bridgehead atoms. The zero-order valence-electron chi connectivity index (χ0n) is 8.88. The Bertz CT molecular complexity index is 229. The first-order valence-electron chi connectivity index (χ1n) is 4.66. The van der Waals surface area contributed by atoms with Gasteiger partial charge < -0.3 is 9.84 Å². The van der Waals surface area contributed by atoms with E-state index in [1.807, 2.05) is 6.92 Å². The van der Waals surface area contributed by atoms with Gasteiger partial charge in [0.1, 0.15) is 0 Å². The molecule has 1 N–H and O–H groups in total. The van der Waals surface area contributed by atoms with Crippen molar-refractivity contribution < 1.29 is 14.6 Å². The molecule has 0 saturated carbocycles. The number of carboxylic acid groups (broad SMARTS) is 1. The van der Waals surface area contributed by atoms with Crippen molar-refractivity contribution in [1.29, 1.82) is 0 Å². The number of ether oxygens (including phenoxy) is 1. The molecule has 0 spiro atoms. The Hall–Kier alpha value is -1.09. The van der Waals surface area contributed by atoms with Crippen molar-refractivity contribution in [3.05, 3.63) is 23.8 Å². The van der Waals surface area contributed by atoms with E-state index in [0.717, 1.165) is 18.4 Å². The highest BCUT2D eigenvalue weighted by molar-refractivity contribution is 5.85. The topological polar surface area (TPSA) is 46.5 Å². The van der Waals surface area contributed by atoms with E-state index in [0.29, 0.717) is 18.8 Å². The van der Waals surface area contributed by atoms with Crippen molar-refractivity contribution in [2.24, 2.45) is 0 Å². The molecule has 80 valence electrons. The predicted molar refractivity (Wildman–Crippen MR) is 56.3 cm³/mol. The predicted octanol–water partition coefficient (Wildman–Crippen LogP) is 2.39. The van der Waals surface area contributed by atoms with E-state index in [2.05, 4.69) is 6.58 Å². The number of carboxylic acids is 1. The second-order valence-electron chi connectivity index (χ2n) is 3.34. The summed E-state index contributed by atoms with van der Waals surface area (Å²) in [5.41, 5.74) is 1.40. The molecule has 14 heavy (non-hydrogen) atoms. The molecule has 0 amide bonds. The van der Waals surface area contributed by atoms with Gasteiger partial charge in [0.25, 0.3) is 0 Å². The fraction of sp³-hybridized carbons (Fsp3) is 0.545. The van der Waals surface area contributed by atoms with Gasteiger partial charge in [0.2, 0.25) is 0 Å². The van der Waals surface area contributed by atoms with Crippen LogP contribution in [0.1, 0.15) is 26.7 Å². The van der Waals surface area contributed by atoms with Crippen LogP contribution in [0, 0.1) is 0 Å². The molecule has 0 radical (unpaired) electrons. The Morgan fingerprint density at radius 2 is 2.14 bits per heavy atom. The Labute approximate surface area is 85.1 Å². The summed E-state index contributed by atoms with van der Waals surface area (Å²) < 4.78 is 5.26. The summed E-state index contributed by atoms with van der Waals surface area (Å²) in [7, 11) is 0. The molecular weight excluding hydrogens is 180 g/mol. The standard InChI is InChI=1S/C11H18O3/c1-9(2)8-14-7-5-4-6-10(3)11(12)13/h6H,1,4-5,7-8H2,2-3H3,(H,12,13)/b10-6+. The zero-order valence-corrected chi connectivity index (χ0v) is 8.88. The smallest absolute Gasteiger partial charge is 0.330 e. The minimum Gasteiger partial charge on any atom is -0.478 e. The second kappa shape index (κ2) is 7.33. The Morgan fingerprint density at radius 3 is 2.64 bits per heavy atom. The van der Waals surface area contributed by atoms with Gasteiger partial charge in [-0.1, -0.05) is 18.2 Å². The molecule has 0 aromatic heterocycles. The first-order chi connectivity index (χ1) is 6.54. The van der Waals surface area contributed by atoms with Gasteiger partial charge in [-0.3, -0.25) is 0 Å². The van der Waals surface area contributed by atoms with Gasteiger partial charge in [0.15, 0.2) is 0 Å². The average molecular weight is 198 g/mol. The van der Waals surface area contributed by atoms with Gasteiger partial charge in [0.05, 0.1) is 6.61 Å². The lowest BCUT2D eigenvalue weighted by atomic mass is 10.2. The van der Waals surface area contributed by atoms with E-state index in [1.165, 1.54) is 0 Å². The highest BCUT2D eigenvalue weighted by Crippen LogP contribution is 1.99. The van der Waals surface area contributed by atoms with Crippen LogP contribution in [0.5, 0.6) is 0 Å². The lowest BCUT2D eigenvalue weighted by Crippen LogP contribution is -1.98. The van der Waals surface area contributed by atoms with Crippen LogP contribution in [0.2, 0.25) is 0 Å². The number of hydrogen-bond acceptors (Lipinski definition) is 2. The maximum atomic E-state index is 10.4.